The average molecular weight is 485 g/mol. The van der Waals surface area contributed by atoms with Crippen LogP contribution < -0.4 is 27.3 Å². The van der Waals surface area contributed by atoms with Gasteiger partial charge in [-0.25, -0.2) is 13.9 Å². The van der Waals surface area contributed by atoms with Gasteiger partial charge in [-0.3, -0.25) is 28.8 Å². The largest absolute Gasteiger partial charge is 0.383 e. The highest BCUT2D eigenvalue weighted by Crippen LogP contribution is 2.20. The van der Waals surface area contributed by atoms with E-state index in [0.29, 0.717) is 25.0 Å². The maximum Gasteiger partial charge on any atom is 0.330 e. The zero-order valence-corrected chi connectivity index (χ0v) is 20.0. The molecular formula is C24H29FN6O4. The average Bonchev–Trinajstić information content (AvgIpc) is 2.81. The number of aromatic amines is 1. The number of anilines is 2. The number of amides is 1. The van der Waals surface area contributed by atoms with Crippen LogP contribution in [-0.4, -0.2) is 31.8 Å². The summed E-state index contributed by atoms with van der Waals surface area (Å²) in [6, 6.07) is 7.00. The number of carbonyl (C=O) groups is 1. The van der Waals surface area contributed by atoms with E-state index in [0.717, 1.165) is 16.0 Å². The zero-order chi connectivity index (χ0) is 25.7. The Kier molecular flexibility index (Phi) is 8.00. The van der Waals surface area contributed by atoms with E-state index in [1.807, 2.05) is 13.8 Å². The molecule has 3 aromatic rings. The van der Waals surface area contributed by atoms with E-state index in [2.05, 4.69) is 10.1 Å². The molecule has 0 radical (unpaired) electrons. The first-order valence-electron chi connectivity index (χ1n) is 11.5. The first kappa shape index (κ1) is 25.6. The lowest BCUT2D eigenvalue weighted by Crippen LogP contribution is -2.43. The molecule has 10 nitrogen and oxygen atoms in total. The lowest BCUT2D eigenvalue weighted by molar-refractivity contribution is 0.0978. The third kappa shape index (κ3) is 5.23. The number of hydrogen-bond donors (Lipinski definition) is 2. The molecule has 0 saturated carbocycles. The Hall–Kier alpha value is -4.02. The topological polar surface area (TPSA) is 136 Å². The van der Waals surface area contributed by atoms with Crippen molar-refractivity contribution in [2.45, 2.75) is 53.0 Å². The van der Waals surface area contributed by atoms with Gasteiger partial charge in [-0.15, -0.1) is 0 Å². The van der Waals surface area contributed by atoms with E-state index < -0.39 is 34.1 Å². The van der Waals surface area contributed by atoms with Crippen LogP contribution in [0.15, 0.2) is 44.7 Å². The summed E-state index contributed by atoms with van der Waals surface area (Å²) < 4.78 is 16.8. The van der Waals surface area contributed by atoms with E-state index in [1.165, 1.54) is 28.8 Å². The van der Waals surface area contributed by atoms with Gasteiger partial charge in [0.15, 0.2) is 11.4 Å². The Morgan fingerprint density at radius 1 is 1.14 bits per heavy atom. The lowest BCUT2D eigenvalue weighted by atomic mass is 10.2. The van der Waals surface area contributed by atoms with Crippen LogP contribution in [0.1, 0.15) is 55.7 Å². The van der Waals surface area contributed by atoms with Crippen LogP contribution in [0.5, 0.6) is 0 Å². The van der Waals surface area contributed by atoms with Crippen LogP contribution in [0.2, 0.25) is 0 Å². The number of para-hydroxylation sites is 1. The van der Waals surface area contributed by atoms with Crippen molar-refractivity contribution >= 4 is 17.4 Å². The molecule has 0 aliphatic carbocycles. The Bertz CT molecular complexity index is 1410. The molecule has 0 spiro atoms. The van der Waals surface area contributed by atoms with Crippen molar-refractivity contribution in [3.63, 3.8) is 0 Å². The predicted octanol–water partition coefficient (Wildman–Crippen LogP) is 2.36. The third-order valence-corrected chi connectivity index (χ3v) is 5.59. The van der Waals surface area contributed by atoms with Gasteiger partial charge < -0.3 is 5.73 Å². The van der Waals surface area contributed by atoms with Crippen molar-refractivity contribution in [2.24, 2.45) is 0 Å². The standard InChI is InChI=1S/C24H29FN6O4/c1-4-6-12-29(20-21(26)30(13-7-5-2)24(35)27-22(20)33)23(34)19-18(32)14-15(3)31(28-19)17-11-9-8-10-16(17)25/h8-11,14H,4-7,12-13,26H2,1-3H3,(H,27,33,35). The van der Waals surface area contributed by atoms with Gasteiger partial charge in [-0.2, -0.15) is 5.10 Å². The molecular weight excluding hydrogens is 455 g/mol. The zero-order valence-electron chi connectivity index (χ0n) is 20.0. The van der Waals surface area contributed by atoms with Gasteiger partial charge in [0.1, 0.15) is 17.3 Å². The van der Waals surface area contributed by atoms with Gasteiger partial charge in [0.2, 0.25) is 5.43 Å². The highest BCUT2D eigenvalue weighted by molar-refractivity contribution is 6.05. The van der Waals surface area contributed by atoms with Gasteiger partial charge in [0, 0.05) is 24.8 Å². The van der Waals surface area contributed by atoms with E-state index in [-0.39, 0.29) is 30.3 Å². The first-order valence-corrected chi connectivity index (χ1v) is 11.5. The van der Waals surface area contributed by atoms with E-state index in [4.69, 9.17) is 5.73 Å². The number of nitrogens with one attached hydrogen (secondary N) is 1. The molecule has 0 aliphatic rings. The third-order valence-electron chi connectivity index (χ3n) is 5.59. The Morgan fingerprint density at radius 2 is 1.83 bits per heavy atom. The van der Waals surface area contributed by atoms with Crippen molar-refractivity contribution in [3.8, 4) is 5.69 Å². The molecule has 0 unspecified atom stereocenters. The van der Waals surface area contributed by atoms with Crippen LogP contribution >= 0.6 is 0 Å². The second-order valence-electron chi connectivity index (χ2n) is 8.17. The molecule has 35 heavy (non-hydrogen) atoms. The summed E-state index contributed by atoms with van der Waals surface area (Å²) in [6.45, 7) is 5.71. The van der Waals surface area contributed by atoms with E-state index >= 15 is 0 Å². The van der Waals surface area contributed by atoms with E-state index in [1.54, 1.807) is 13.0 Å². The first-order chi connectivity index (χ1) is 16.7. The number of carbonyl (C=O) groups excluding carboxylic acids is 1. The number of aryl methyl sites for hydroxylation is 1. The number of unbranched alkanes of at least 4 members (excludes halogenated alkanes) is 2. The van der Waals surface area contributed by atoms with Crippen molar-refractivity contribution in [1.29, 1.82) is 0 Å². The second kappa shape index (κ2) is 10.9. The van der Waals surface area contributed by atoms with Crippen molar-refractivity contribution in [3.05, 3.63) is 78.6 Å². The van der Waals surface area contributed by atoms with E-state index in [9.17, 15) is 23.6 Å². The van der Waals surface area contributed by atoms with Gasteiger partial charge in [0.25, 0.3) is 11.5 Å². The second-order valence-corrected chi connectivity index (χ2v) is 8.17. The molecule has 186 valence electrons. The highest BCUT2D eigenvalue weighted by atomic mass is 19.1. The van der Waals surface area contributed by atoms with Crippen molar-refractivity contribution in [1.82, 2.24) is 19.3 Å². The monoisotopic (exact) mass is 484 g/mol. The number of hydrogen-bond acceptors (Lipinski definition) is 6. The minimum Gasteiger partial charge on any atom is -0.383 e. The van der Waals surface area contributed by atoms with Gasteiger partial charge >= 0.3 is 5.69 Å². The fourth-order valence-electron chi connectivity index (χ4n) is 3.70. The summed E-state index contributed by atoms with van der Waals surface area (Å²) in [5.74, 6) is -1.62. The van der Waals surface area contributed by atoms with Crippen LogP contribution in [0.25, 0.3) is 5.69 Å². The molecule has 3 N–H and O–H groups in total. The van der Waals surface area contributed by atoms with Crippen molar-refractivity contribution < 1.29 is 9.18 Å². The SMILES string of the molecule is CCCCN(C(=O)c1nn(-c2ccccc2F)c(C)cc1=O)c1c(N)n(CCCC)c(=O)[nH]c1=O. The van der Waals surface area contributed by atoms with Gasteiger partial charge in [0.05, 0.1) is 0 Å². The van der Waals surface area contributed by atoms with Gasteiger partial charge in [-0.05, 0) is 31.9 Å². The number of nitrogen functional groups attached to an aromatic ring is 1. The number of nitrogens with two attached hydrogens (primary N) is 1. The molecule has 0 aliphatic heterocycles. The predicted molar refractivity (Wildman–Crippen MR) is 132 cm³/mol. The number of aromatic nitrogens is 4. The minimum atomic E-state index is -0.869. The molecule has 1 amide bonds. The maximum absolute atomic E-state index is 14.4. The summed E-state index contributed by atoms with van der Waals surface area (Å²) in [6.07, 6.45) is 2.58. The molecule has 3 rings (SSSR count). The molecule has 11 heteroatoms. The summed E-state index contributed by atoms with van der Waals surface area (Å²) in [4.78, 5) is 54.9. The molecule has 0 atom stereocenters. The molecule has 0 saturated heterocycles. The summed E-state index contributed by atoms with van der Waals surface area (Å²) >= 11 is 0. The lowest BCUT2D eigenvalue weighted by Gasteiger charge is -2.24. The number of benzene rings is 1. The number of nitrogens with zero attached hydrogens (tertiary/aromatic N) is 4. The van der Waals surface area contributed by atoms with Crippen LogP contribution in [0.3, 0.4) is 0 Å². The summed E-state index contributed by atoms with van der Waals surface area (Å²) in [5, 5.41) is 4.16. The molecule has 0 fully saturated rings. The minimum absolute atomic E-state index is 0.0588. The Labute approximate surface area is 200 Å². The van der Waals surface area contributed by atoms with Gasteiger partial charge in [-0.1, -0.05) is 38.8 Å². The molecule has 0 bridgehead atoms. The number of H-pyrrole nitrogens is 1. The smallest absolute Gasteiger partial charge is 0.330 e. The molecule has 1 aromatic carbocycles. The fourth-order valence-corrected chi connectivity index (χ4v) is 3.70. The molecule has 2 aromatic heterocycles. The normalized spacial score (nSPS) is 11.0. The van der Waals surface area contributed by atoms with Crippen LogP contribution in [0, 0.1) is 12.7 Å². The number of halogens is 1. The summed E-state index contributed by atoms with van der Waals surface area (Å²) in [7, 11) is 0. The number of rotatable bonds is 9. The van der Waals surface area contributed by atoms with Crippen LogP contribution in [-0.2, 0) is 6.54 Å². The quantitative estimate of drug-likeness (QED) is 0.479. The Morgan fingerprint density at radius 3 is 2.49 bits per heavy atom. The van der Waals surface area contributed by atoms with Crippen molar-refractivity contribution in [2.75, 3.05) is 17.2 Å². The molecule has 2 heterocycles. The fraction of sp³-hybridized carbons (Fsp3) is 0.375. The summed E-state index contributed by atoms with van der Waals surface area (Å²) in [5.41, 5.74) is 3.67. The Balaban J connectivity index is 2.19. The van der Waals surface area contributed by atoms with Crippen LogP contribution in [0.4, 0.5) is 15.9 Å². The maximum atomic E-state index is 14.4. The highest BCUT2D eigenvalue weighted by Gasteiger charge is 2.28.